The molecule has 2 rings (SSSR count). The highest BCUT2D eigenvalue weighted by atomic mass is 35.5. The van der Waals surface area contributed by atoms with Crippen molar-refractivity contribution in [2.45, 2.75) is 0 Å². The predicted molar refractivity (Wildman–Crippen MR) is 75.4 cm³/mol. The van der Waals surface area contributed by atoms with Gasteiger partial charge in [0.15, 0.2) is 0 Å². The molecule has 2 amide bonds. The minimum Gasteiger partial charge on any atom is -0.351 e. The molecule has 0 saturated carbocycles. The van der Waals surface area contributed by atoms with Gasteiger partial charge in [0, 0.05) is 23.0 Å². The number of aromatic nitrogens is 1. The lowest BCUT2D eigenvalue weighted by molar-refractivity contribution is -0.167. The van der Waals surface area contributed by atoms with E-state index in [2.05, 4.69) is 10.3 Å². The molecule has 7 heteroatoms. The first-order valence-electron chi connectivity index (χ1n) is 5.88. The summed E-state index contributed by atoms with van der Waals surface area (Å²) in [7, 11) is 2.85. The van der Waals surface area contributed by atoms with Crippen LogP contribution in [0.25, 0.3) is 10.9 Å². The first-order chi connectivity index (χ1) is 9.51. The van der Waals surface area contributed by atoms with E-state index in [4.69, 9.17) is 16.4 Å². The number of hydroxylamine groups is 2. The third-order valence-electron chi connectivity index (χ3n) is 2.85. The average Bonchev–Trinajstić information content (AvgIpc) is 2.86. The molecule has 0 bridgehead atoms. The quantitative estimate of drug-likeness (QED) is 0.841. The monoisotopic (exact) mass is 295 g/mol. The molecule has 6 nitrogen and oxygen atoms in total. The SMILES string of the molecule is CON(C)C(=O)CNC(=O)c1cc2cc(Cl)ccc2[nH]1. The van der Waals surface area contributed by atoms with Gasteiger partial charge in [0.2, 0.25) is 0 Å². The smallest absolute Gasteiger partial charge is 0.268 e. The van der Waals surface area contributed by atoms with E-state index in [9.17, 15) is 9.59 Å². The van der Waals surface area contributed by atoms with Crippen molar-refractivity contribution in [2.24, 2.45) is 0 Å². The molecule has 1 aromatic carbocycles. The van der Waals surface area contributed by atoms with Crippen molar-refractivity contribution in [1.29, 1.82) is 0 Å². The Bertz CT molecular complexity index is 653. The van der Waals surface area contributed by atoms with E-state index in [1.807, 2.05) is 0 Å². The summed E-state index contributed by atoms with van der Waals surface area (Å²) in [5, 5.41) is 5.00. The second-order valence-electron chi connectivity index (χ2n) is 4.17. The number of carbonyl (C=O) groups is 2. The molecule has 0 unspecified atom stereocenters. The number of hydrogen-bond donors (Lipinski definition) is 2. The van der Waals surface area contributed by atoms with Gasteiger partial charge in [0.05, 0.1) is 13.7 Å². The standard InChI is InChI=1S/C13H14ClN3O3/c1-17(20-2)12(18)7-15-13(19)11-6-8-5-9(14)3-4-10(8)16-11/h3-6,16H,7H2,1-2H3,(H,15,19). The van der Waals surface area contributed by atoms with E-state index in [0.29, 0.717) is 10.7 Å². The molecule has 20 heavy (non-hydrogen) atoms. The van der Waals surface area contributed by atoms with Crippen LogP contribution in [0.1, 0.15) is 10.5 Å². The summed E-state index contributed by atoms with van der Waals surface area (Å²) in [4.78, 5) is 31.1. The first-order valence-corrected chi connectivity index (χ1v) is 6.26. The molecule has 106 valence electrons. The van der Waals surface area contributed by atoms with Crippen LogP contribution in [0.3, 0.4) is 0 Å². The number of halogens is 1. The van der Waals surface area contributed by atoms with Gasteiger partial charge in [-0.3, -0.25) is 14.4 Å². The molecule has 0 atom stereocenters. The lowest BCUT2D eigenvalue weighted by Gasteiger charge is -2.13. The Balaban J connectivity index is 2.06. The molecule has 0 spiro atoms. The van der Waals surface area contributed by atoms with Crippen molar-refractivity contribution < 1.29 is 14.4 Å². The number of likely N-dealkylation sites (N-methyl/N-ethyl adjacent to an activating group) is 1. The summed E-state index contributed by atoms with van der Waals surface area (Å²) >= 11 is 5.88. The van der Waals surface area contributed by atoms with Gasteiger partial charge < -0.3 is 10.3 Å². The molecule has 1 aromatic heterocycles. The summed E-state index contributed by atoms with van der Waals surface area (Å²) in [6.07, 6.45) is 0. The molecular formula is C13H14ClN3O3. The third kappa shape index (κ3) is 3.09. The summed E-state index contributed by atoms with van der Waals surface area (Å²) in [6, 6.07) is 6.96. The largest absolute Gasteiger partial charge is 0.351 e. The molecule has 0 radical (unpaired) electrons. The Morgan fingerprint density at radius 1 is 1.40 bits per heavy atom. The van der Waals surface area contributed by atoms with Gasteiger partial charge in [0.1, 0.15) is 5.69 Å². The molecule has 2 aromatic rings. The van der Waals surface area contributed by atoms with Crippen molar-refractivity contribution in [2.75, 3.05) is 20.7 Å². The van der Waals surface area contributed by atoms with Gasteiger partial charge in [-0.2, -0.15) is 0 Å². The van der Waals surface area contributed by atoms with Gasteiger partial charge in [-0.05, 0) is 24.3 Å². The number of amides is 2. The van der Waals surface area contributed by atoms with Crippen LogP contribution in [0.4, 0.5) is 0 Å². The van der Waals surface area contributed by atoms with E-state index >= 15 is 0 Å². The van der Waals surface area contributed by atoms with Gasteiger partial charge in [-0.1, -0.05) is 11.6 Å². The van der Waals surface area contributed by atoms with E-state index in [0.717, 1.165) is 16.0 Å². The Morgan fingerprint density at radius 3 is 2.85 bits per heavy atom. The third-order valence-corrected chi connectivity index (χ3v) is 3.09. The number of aromatic amines is 1. The lowest BCUT2D eigenvalue weighted by atomic mass is 10.2. The molecule has 0 aliphatic carbocycles. The van der Waals surface area contributed by atoms with Crippen molar-refractivity contribution >= 4 is 34.3 Å². The number of nitrogens with one attached hydrogen (secondary N) is 2. The molecule has 0 saturated heterocycles. The minimum atomic E-state index is -0.366. The van der Waals surface area contributed by atoms with Crippen molar-refractivity contribution in [3.63, 3.8) is 0 Å². The number of nitrogens with zero attached hydrogens (tertiary/aromatic N) is 1. The van der Waals surface area contributed by atoms with Crippen LogP contribution in [-0.2, 0) is 9.63 Å². The zero-order valence-corrected chi connectivity index (χ0v) is 11.8. The number of benzene rings is 1. The van der Waals surface area contributed by atoms with Crippen LogP contribution in [-0.4, -0.2) is 42.6 Å². The van der Waals surface area contributed by atoms with E-state index in [1.165, 1.54) is 14.2 Å². The maximum absolute atomic E-state index is 11.9. The van der Waals surface area contributed by atoms with E-state index < -0.39 is 0 Å². The zero-order chi connectivity index (χ0) is 14.7. The van der Waals surface area contributed by atoms with Crippen molar-refractivity contribution in [1.82, 2.24) is 15.4 Å². The van der Waals surface area contributed by atoms with Gasteiger partial charge >= 0.3 is 0 Å². The number of rotatable bonds is 4. The number of carbonyl (C=O) groups excluding carboxylic acids is 2. The molecule has 0 aliphatic rings. The van der Waals surface area contributed by atoms with Crippen LogP contribution in [0.2, 0.25) is 5.02 Å². The van der Waals surface area contributed by atoms with Crippen LogP contribution < -0.4 is 5.32 Å². The molecular weight excluding hydrogens is 282 g/mol. The minimum absolute atomic E-state index is 0.140. The van der Waals surface area contributed by atoms with Gasteiger partial charge in [-0.25, -0.2) is 5.06 Å². The Kier molecular flexibility index (Phi) is 4.26. The topological polar surface area (TPSA) is 74.4 Å². The Morgan fingerprint density at radius 2 is 2.15 bits per heavy atom. The highest BCUT2D eigenvalue weighted by Gasteiger charge is 2.13. The van der Waals surface area contributed by atoms with Gasteiger partial charge in [0.25, 0.3) is 11.8 Å². The van der Waals surface area contributed by atoms with Crippen LogP contribution in [0.15, 0.2) is 24.3 Å². The second-order valence-corrected chi connectivity index (χ2v) is 4.61. The predicted octanol–water partition coefficient (Wildman–Crippen LogP) is 1.57. The van der Waals surface area contributed by atoms with Crippen LogP contribution in [0, 0.1) is 0 Å². The molecule has 2 N–H and O–H groups in total. The summed E-state index contributed by atoms with van der Waals surface area (Å²) < 4.78 is 0. The zero-order valence-electron chi connectivity index (χ0n) is 11.1. The number of H-pyrrole nitrogens is 1. The van der Waals surface area contributed by atoms with Crippen molar-refractivity contribution in [3.8, 4) is 0 Å². The van der Waals surface area contributed by atoms with Gasteiger partial charge in [-0.15, -0.1) is 0 Å². The fourth-order valence-corrected chi connectivity index (χ4v) is 1.87. The number of hydrogen-bond acceptors (Lipinski definition) is 3. The lowest BCUT2D eigenvalue weighted by Crippen LogP contribution is -2.37. The highest BCUT2D eigenvalue weighted by Crippen LogP contribution is 2.19. The molecule has 0 fully saturated rings. The molecule has 0 aliphatic heterocycles. The fraction of sp³-hybridized carbons (Fsp3) is 0.231. The average molecular weight is 296 g/mol. The summed E-state index contributed by atoms with van der Waals surface area (Å²) in [5.74, 6) is -0.713. The normalized spacial score (nSPS) is 10.6. The van der Waals surface area contributed by atoms with Crippen LogP contribution >= 0.6 is 11.6 Å². The van der Waals surface area contributed by atoms with E-state index in [-0.39, 0.29) is 18.4 Å². The Hall–Kier alpha value is -2.05. The number of fused-ring (bicyclic) bond motifs is 1. The van der Waals surface area contributed by atoms with E-state index in [1.54, 1.807) is 24.3 Å². The van der Waals surface area contributed by atoms with Crippen molar-refractivity contribution in [3.05, 3.63) is 35.0 Å². The molecule has 1 heterocycles. The summed E-state index contributed by atoms with van der Waals surface area (Å²) in [5.41, 5.74) is 1.18. The fourth-order valence-electron chi connectivity index (χ4n) is 1.69. The maximum Gasteiger partial charge on any atom is 0.268 e. The van der Waals surface area contributed by atoms with Crippen LogP contribution in [0.5, 0.6) is 0 Å². The second kappa shape index (κ2) is 5.94. The first kappa shape index (κ1) is 14.4. The maximum atomic E-state index is 11.9. The highest BCUT2D eigenvalue weighted by molar-refractivity contribution is 6.31. The summed E-state index contributed by atoms with van der Waals surface area (Å²) in [6.45, 7) is -0.140. The Labute approximate surface area is 120 Å².